The van der Waals surface area contributed by atoms with Crippen LogP contribution >= 0.6 is 0 Å². The molecule has 0 radical (unpaired) electrons. The summed E-state index contributed by atoms with van der Waals surface area (Å²) in [6, 6.07) is 15.9. The molecule has 0 aliphatic carbocycles. The van der Waals surface area contributed by atoms with Crippen molar-refractivity contribution < 1.29 is 14.3 Å². The molecule has 3 heteroatoms. The molecule has 0 unspecified atom stereocenters. The van der Waals surface area contributed by atoms with Crippen LogP contribution in [0, 0.1) is 0 Å². The molecule has 1 atom stereocenters. The molecule has 0 bridgehead atoms. The first-order valence-corrected chi connectivity index (χ1v) is 6.02. The summed E-state index contributed by atoms with van der Waals surface area (Å²) in [6.45, 7) is 1.80. The van der Waals surface area contributed by atoms with Crippen molar-refractivity contribution in [1.82, 2.24) is 0 Å². The maximum atomic E-state index is 12.0. The monoisotopic (exact) mass is 254 g/mol. The Morgan fingerprint density at radius 2 is 1.68 bits per heavy atom. The van der Waals surface area contributed by atoms with Gasteiger partial charge < -0.3 is 4.74 Å². The van der Waals surface area contributed by atoms with Crippen LogP contribution in [0.15, 0.2) is 54.6 Å². The number of hydrogen-bond donors (Lipinski definition) is 0. The van der Waals surface area contributed by atoms with E-state index in [9.17, 15) is 9.59 Å². The molecule has 0 amide bonds. The Kier molecular flexibility index (Phi) is 4.08. The highest BCUT2D eigenvalue weighted by Crippen LogP contribution is 2.19. The molecule has 0 saturated heterocycles. The minimum atomic E-state index is -0.327. The Hall–Kier alpha value is -2.42. The molecule has 0 N–H and O–H groups in total. The number of rotatable bonds is 4. The van der Waals surface area contributed by atoms with Crippen LogP contribution in [0.25, 0.3) is 0 Å². The van der Waals surface area contributed by atoms with Gasteiger partial charge in [0.15, 0.2) is 0 Å². The standard InChI is InChI=1S/C16H14O3/c1-12(14-5-3-2-4-6-14)16(18)19-15-9-7-13(11-17)8-10-15/h2-12H,1H3/t12-/m0/s1. The van der Waals surface area contributed by atoms with E-state index in [2.05, 4.69) is 0 Å². The molecular weight excluding hydrogens is 240 g/mol. The van der Waals surface area contributed by atoms with Gasteiger partial charge in [0.1, 0.15) is 12.0 Å². The van der Waals surface area contributed by atoms with E-state index in [0.717, 1.165) is 11.8 Å². The minimum absolute atomic E-state index is 0.315. The quantitative estimate of drug-likeness (QED) is 0.478. The molecule has 19 heavy (non-hydrogen) atoms. The number of hydrogen-bond acceptors (Lipinski definition) is 3. The second-order valence-corrected chi connectivity index (χ2v) is 4.24. The maximum absolute atomic E-state index is 12.0. The van der Waals surface area contributed by atoms with Crippen LogP contribution in [0.5, 0.6) is 5.75 Å². The molecule has 0 saturated carbocycles. The first-order chi connectivity index (χ1) is 9.20. The van der Waals surface area contributed by atoms with Gasteiger partial charge in [0.25, 0.3) is 0 Å². The minimum Gasteiger partial charge on any atom is -0.426 e. The number of esters is 1. The summed E-state index contributed by atoms with van der Waals surface area (Å²) in [4.78, 5) is 22.5. The zero-order valence-corrected chi connectivity index (χ0v) is 10.6. The Balaban J connectivity index is 2.06. The van der Waals surface area contributed by atoms with Crippen LogP contribution in [0.1, 0.15) is 28.8 Å². The molecule has 2 aromatic rings. The van der Waals surface area contributed by atoms with Gasteiger partial charge in [-0.1, -0.05) is 30.3 Å². The fourth-order valence-corrected chi connectivity index (χ4v) is 1.70. The molecule has 96 valence electrons. The summed E-state index contributed by atoms with van der Waals surface area (Å²) in [5, 5.41) is 0. The Morgan fingerprint density at radius 3 is 2.26 bits per heavy atom. The van der Waals surface area contributed by atoms with E-state index in [-0.39, 0.29) is 11.9 Å². The van der Waals surface area contributed by atoms with Gasteiger partial charge >= 0.3 is 5.97 Å². The zero-order valence-electron chi connectivity index (χ0n) is 10.6. The third-order valence-corrected chi connectivity index (χ3v) is 2.89. The predicted octanol–water partition coefficient (Wildman–Crippen LogP) is 3.21. The van der Waals surface area contributed by atoms with Gasteiger partial charge in [-0.05, 0) is 36.8 Å². The van der Waals surface area contributed by atoms with E-state index < -0.39 is 0 Å². The molecule has 0 heterocycles. The highest BCUT2D eigenvalue weighted by atomic mass is 16.5. The third kappa shape index (κ3) is 3.28. The van der Waals surface area contributed by atoms with Crippen molar-refractivity contribution in [3.05, 3.63) is 65.7 Å². The number of benzene rings is 2. The fourth-order valence-electron chi connectivity index (χ4n) is 1.70. The molecule has 0 aromatic heterocycles. The van der Waals surface area contributed by atoms with Crippen molar-refractivity contribution >= 4 is 12.3 Å². The molecule has 3 nitrogen and oxygen atoms in total. The van der Waals surface area contributed by atoms with E-state index in [4.69, 9.17) is 4.74 Å². The molecule has 2 rings (SSSR count). The highest BCUT2D eigenvalue weighted by Gasteiger charge is 2.17. The van der Waals surface area contributed by atoms with Crippen molar-refractivity contribution in [3.8, 4) is 5.75 Å². The van der Waals surface area contributed by atoms with Crippen LogP contribution < -0.4 is 4.74 Å². The number of ether oxygens (including phenoxy) is 1. The first kappa shape index (κ1) is 13.0. The Bertz CT molecular complexity index is 558. The van der Waals surface area contributed by atoms with Crippen molar-refractivity contribution in [2.24, 2.45) is 0 Å². The van der Waals surface area contributed by atoms with Gasteiger partial charge in [0, 0.05) is 5.56 Å². The van der Waals surface area contributed by atoms with Crippen LogP contribution in [0.4, 0.5) is 0 Å². The largest absolute Gasteiger partial charge is 0.426 e. The summed E-state index contributed by atoms with van der Waals surface area (Å²) in [6.07, 6.45) is 0.748. The van der Waals surface area contributed by atoms with Gasteiger partial charge in [-0.3, -0.25) is 9.59 Å². The molecule has 2 aromatic carbocycles. The van der Waals surface area contributed by atoms with Crippen LogP contribution in [0.2, 0.25) is 0 Å². The average Bonchev–Trinajstić information content (AvgIpc) is 2.48. The van der Waals surface area contributed by atoms with Crippen molar-refractivity contribution in [1.29, 1.82) is 0 Å². The summed E-state index contributed by atoms with van der Waals surface area (Å²) in [5.41, 5.74) is 1.47. The van der Waals surface area contributed by atoms with E-state index >= 15 is 0 Å². The van der Waals surface area contributed by atoms with Crippen LogP contribution in [-0.4, -0.2) is 12.3 Å². The lowest BCUT2D eigenvalue weighted by Crippen LogP contribution is -2.16. The maximum Gasteiger partial charge on any atom is 0.318 e. The zero-order chi connectivity index (χ0) is 13.7. The highest BCUT2D eigenvalue weighted by molar-refractivity contribution is 5.80. The van der Waals surface area contributed by atoms with Crippen LogP contribution in [-0.2, 0) is 4.79 Å². The van der Waals surface area contributed by atoms with Gasteiger partial charge in [-0.25, -0.2) is 0 Å². The number of carbonyl (C=O) groups is 2. The lowest BCUT2D eigenvalue weighted by molar-refractivity contribution is -0.135. The normalized spacial score (nSPS) is 11.6. The molecule has 0 aliphatic rings. The van der Waals surface area contributed by atoms with E-state index in [1.165, 1.54) is 0 Å². The summed E-state index contributed by atoms with van der Waals surface area (Å²) in [7, 11) is 0. The van der Waals surface area contributed by atoms with Gasteiger partial charge in [-0.2, -0.15) is 0 Å². The van der Waals surface area contributed by atoms with Crippen molar-refractivity contribution in [2.75, 3.05) is 0 Å². The van der Waals surface area contributed by atoms with Crippen molar-refractivity contribution in [2.45, 2.75) is 12.8 Å². The van der Waals surface area contributed by atoms with E-state index in [1.807, 2.05) is 30.3 Å². The number of aldehydes is 1. The SMILES string of the molecule is C[C@H](C(=O)Oc1ccc(C=O)cc1)c1ccccc1. The third-order valence-electron chi connectivity index (χ3n) is 2.89. The smallest absolute Gasteiger partial charge is 0.318 e. The fraction of sp³-hybridized carbons (Fsp3) is 0.125. The molecule has 0 spiro atoms. The van der Waals surface area contributed by atoms with Gasteiger partial charge in [0.2, 0.25) is 0 Å². The van der Waals surface area contributed by atoms with Crippen molar-refractivity contribution in [3.63, 3.8) is 0 Å². The summed E-state index contributed by atoms with van der Waals surface area (Å²) in [5.74, 6) is -0.199. The molecule has 0 fully saturated rings. The Labute approximate surface area is 111 Å². The molecule has 0 aliphatic heterocycles. The second kappa shape index (κ2) is 5.96. The van der Waals surface area contributed by atoms with Gasteiger partial charge in [0.05, 0.1) is 5.92 Å². The molecular formula is C16H14O3. The lowest BCUT2D eigenvalue weighted by Gasteiger charge is -2.11. The van der Waals surface area contributed by atoms with Gasteiger partial charge in [-0.15, -0.1) is 0 Å². The summed E-state index contributed by atoms with van der Waals surface area (Å²) < 4.78 is 5.28. The summed E-state index contributed by atoms with van der Waals surface area (Å²) >= 11 is 0. The predicted molar refractivity (Wildman–Crippen MR) is 72.3 cm³/mol. The van der Waals surface area contributed by atoms with Crippen LogP contribution in [0.3, 0.4) is 0 Å². The second-order valence-electron chi connectivity index (χ2n) is 4.24. The number of carbonyl (C=O) groups excluding carboxylic acids is 2. The Morgan fingerprint density at radius 1 is 1.05 bits per heavy atom. The van der Waals surface area contributed by atoms with E-state index in [1.54, 1.807) is 31.2 Å². The van der Waals surface area contributed by atoms with E-state index in [0.29, 0.717) is 11.3 Å². The first-order valence-electron chi connectivity index (χ1n) is 6.02. The topological polar surface area (TPSA) is 43.4 Å². The lowest BCUT2D eigenvalue weighted by atomic mass is 10.0. The average molecular weight is 254 g/mol.